The van der Waals surface area contributed by atoms with Crippen LogP contribution in [0.3, 0.4) is 0 Å². The predicted octanol–water partition coefficient (Wildman–Crippen LogP) is 1.98. The Balaban J connectivity index is 2.02. The van der Waals surface area contributed by atoms with E-state index in [0.717, 1.165) is 18.4 Å². The number of hydrogen-bond acceptors (Lipinski definition) is 2. The molecule has 2 nitrogen and oxygen atoms in total. The number of Topliss-reactive ketones (excluding diaryl/α,β-unsaturated/α-hetero) is 1. The topological polar surface area (TPSA) is 43.1 Å². The number of ketones is 1. The van der Waals surface area contributed by atoms with Crippen molar-refractivity contribution < 1.29 is 9.18 Å². The van der Waals surface area contributed by atoms with E-state index in [2.05, 4.69) is 0 Å². The van der Waals surface area contributed by atoms with Gasteiger partial charge in [-0.3, -0.25) is 4.79 Å². The molecule has 1 unspecified atom stereocenters. The lowest BCUT2D eigenvalue weighted by Gasteiger charge is -2.10. The molecule has 0 heterocycles. The van der Waals surface area contributed by atoms with Crippen molar-refractivity contribution in [3.63, 3.8) is 0 Å². The van der Waals surface area contributed by atoms with Gasteiger partial charge in [-0.15, -0.1) is 0 Å². The lowest BCUT2D eigenvalue weighted by molar-refractivity contribution is -0.121. The average molecular weight is 221 g/mol. The maximum absolute atomic E-state index is 13.0. The summed E-state index contributed by atoms with van der Waals surface area (Å²) in [4.78, 5) is 11.7. The van der Waals surface area contributed by atoms with E-state index >= 15 is 0 Å². The highest BCUT2D eigenvalue weighted by Gasteiger charge is 2.32. The number of nitrogens with two attached hydrogens (primary N) is 1. The minimum absolute atomic E-state index is 0.155. The van der Waals surface area contributed by atoms with Gasteiger partial charge in [0.2, 0.25) is 0 Å². The molecule has 1 aromatic carbocycles. The third-order valence-electron chi connectivity index (χ3n) is 3.02. The fourth-order valence-electron chi connectivity index (χ4n) is 1.86. The van der Waals surface area contributed by atoms with Crippen LogP contribution in [0, 0.1) is 18.7 Å². The highest BCUT2D eigenvalue weighted by molar-refractivity contribution is 5.88. The quantitative estimate of drug-likeness (QED) is 0.844. The summed E-state index contributed by atoms with van der Waals surface area (Å²) in [6, 6.07) is 4.45. The maximum Gasteiger partial charge on any atom is 0.152 e. The minimum Gasteiger partial charge on any atom is -0.321 e. The maximum atomic E-state index is 13.0. The Morgan fingerprint density at radius 1 is 1.56 bits per heavy atom. The van der Waals surface area contributed by atoms with E-state index in [9.17, 15) is 9.18 Å². The second-order valence-corrected chi connectivity index (χ2v) is 4.57. The molecule has 1 atom stereocenters. The molecule has 1 saturated carbocycles. The molecule has 0 bridgehead atoms. The molecule has 1 aromatic rings. The summed E-state index contributed by atoms with van der Waals surface area (Å²) in [7, 11) is 0. The summed E-state index contributed by atoms with van der Waals surface area (Å²) in [6.07, 6.45) is 2.47. The van der Waals surface area contributed by atoms with E-state index in [0.29, 0.717) is 12.0 Å². The molecular formula is C13H16FNO. The molecule has 0 aromatic heterocycles. The van der Waals surface area contributed by atoms with Crippen molar-refractivity contribution in [1.82, 2.24) is 0 Å². The number of carbonyl (C=O) groups excluding carboxylic acids is 1. The molecule has 2 N–H and O–H groups in total. The van der Waals surface area contributed by atoms with Crippen LogP contribution in [-0.2, 0) is 11.2 Å². The van der Waals surface area contributed by atoms with Crippen molar-refractivity contribution in [2.75, 3.05) is 0 Å². The van der Waals surface area contributed by atoms with Crippen LogP contribution in [-0.4, -0.2) is 11.8 Å². The molecule has 0 amide bonds. The summed E-state index contributed by atoms with van der Waals surface area (Å²) in [5.74, 6) is 0.129. The number of hydrogen-bond donors (Lipinski definition) is 1. The summed E-state index contributed by atoms with van der Waals surface area (Å²) < 4.78 is 13.0. The Hall–Kier alpha value is -1.22. The molecule has 3 heteroatoms. The van der Waals surface area contributed by atoms with Crippen molar-refractivity contribution in [3.05, 3.63) is 35.1 Å². The first-order valence-corrected chi connectivity index (χ1v) is 5.62. The van der Waals surface area contributed by atoms with Crippen molar-refractivity contribution in [2.45, 2.75) is 32.2 Å². The van der Waals surface area contributed by atoms with E-state index in [4.69, 9.17) is 5.73 Å². The molecule has 1 fully saturated rings. The monoisotopic (exact) mass is 221 g/mol. The van der Waals surface area contributed by atoms with Gasteiger partial charge >= 0.3 is 0 Å². The summed E-state index contributed by atoms with van der Waals surface area (Å²) >= 11 is 0. The van der Waals surface area contributed by atoms with Gasteiger partial charge < -0.3 is 5.73 Å². The molecule has 16 heavy (non-hydrogen) atoms. The van der Waals surface area contributed by atoms with Crippen LogP contribution >= 0.6 is 0 Å². The zero-order valence-corrected chi connectivity index (χ0v) is 9.37. The van der Waals surface area contributed by atoms with Gasteiger partial charge in [0.15, 0.2) is 5.78 Å². The second kappa shape index (κ2) is 4.34. The number of rotatable bonds is 4. The van der Waals surface area contributed by atoms with Crippen LogP contribution in [0.1, 0.15) is 24.0 Å². The van der Waals surface area contributed by atoms with E-state index in [1.54, 1.807) is 19.1 Å². The molecule has 1 aliphatic carbocycles. The number of carbonyl (C=O) groups is 1. The molecule has 1 aliphatic rings. The molecule has 0 aliphatic heterocycles. The summed E-state index contributed by atoms with van der Waals surface area (Å²) in [5.41, 5.74) is 7.37. The van der Waals surface area contributed by atoms with E-state index in [-0.39, 0.29) is 17.5 Å². The first kappa shape index (κ1) is 11.3. The Bertz CT molecular complexity index is 412. The van der Waals surface area contributed by atoms with Crippen LogP contribution in [0.5, 0.6) is 0 Å². The predicted molar refractivity (Wildman–Crippen MR) is 60.5 cm³/mol. The van der Waals surface area contributed by atoms with Crippen molar-refractivity contribution in [1.29, 1.82) is 0 Å². The molecule has 0 radical (unpaired) electrons. The first-order valence-electron chi connectivity index (χ1n) is 5.62. The Morgan fingerprint density at radius 2 is 2.25 bits per heavy atom. The lowest BCUT2D eigenvalue weighted by Crippen LogP contribution is -2.33. The van der Waals surface area contributed by atoms with Gasteiger partial charge in [0.05, 0.1) is 6.04 Å². The standard InChI is InChI=1S/C13H16FNO/c1-8-6-9(2-5-11(8)14)7-12(15)13(16)10-3-4-10/h2,5-6,10,12H,3-4,7,15H2,1H3. The fourth-order valence-corrected chi connectivity index (χ4v) is 1.86. The summed E-state index contributed by atoms with van der Waals surface area (Å²) in [5, 5.41) is 0. The average Bonchev–Trinajstić information content (AvgIpc) is 3.06. The number of benzene rings is 1. The normalized spacial score (nSPS) is 17.2. The highest BCUT2D eigenvalue weighted by Crippen LogP contribution is 2.31. The smallest absolute Gasteiger partial charge is 0.152 e. The van der Waals surface area contributed by atoms with Crippen molar-refractivity contribution in [3.8, 4) is 0 Å². The van der Waals surface area contributed by atoms with Gasteiger partial charge in [-0.2, -0.15) is 0 Å². The van der Waals surface area contributed by atoms with Crippen LogP contribution in [0.15, 0.2) is 18.2 Å². The fraction of sp³-hybridized carbons (Fsp3) is 0.462. The SMILES string of the molecule is Cc1cc(CC(N)C(=O)C2CC2)ccc1F. The highest BCUT2D eigenvalue weighted by atomic mass is 19.1. The van der Waals surface area contributed by atoms with Gasteiger partial charge in [-0.1, -0.05) is 12.1 Å². The van der Waals surface area contributed by atoms with Gasteiger partial charge in [-0.25, -0.2) is 4.39 Å². The van der Waals surface area contributed by atoms with Gasteiger partial charge in [0, 0.05) is 5.92 Å². The van der Waals surface area contributed by atoms with Crippen LogP contribution in [0.4, 0.5) is 4.39 Å². The van der Waals surface area contributed by atoms with E-state index < -0.39 is 6.04 Å². The molecule has 0 spiro atoms. The Kier molecular flexibility index (Phi) is 3.06. The van der Waals surface area contributed by atoms with Gasteiger partial charge in [0.1, 0.15) is 5.82 Å². The Morgan fingerprint density at radius 3 is 2.81 bits per heavy atom. The van der Waals surface area contributed by atoms with Crippen LogP contribution in [0.2, 0.25) is 0 Å². The number of halogens is 1. The molecular weight excluding hydrogens is 205 g/mol. The molecule has 2 rings (SSSR count). The first-order chi connectivity index (χ1) is 7.58. The molecule has 0 saturated heterocycles. The minimum atomic E-state index is -0.433. The van der Waals surface area contributed by atoms with Crippen molar-refractivity contribution >= 4 is 5.78 Å². The van der Waals surface area contributed by atoms with Gasteiger partial charge in [-0.05, 0) is 43.4 Å². The van der Waals surface area contributed by atoms with Crippen LogP contribution in [0.25, 0.3) is 0 Å². The van der Waals surface area contributed by atoms with Crippen LogP contribution < -0.4 is 5.73 Å². The second-order valence-electron chi connectivity index (χ2n) is 4.57. The number of aryl methyl sites for hydroxylation is 1. The Labute approximate surface area is 94.6 Å². The van der Waals surface area contributed by atoms with Gasteiger partial charge in [0.25, 0.3) is 0 Å². The largest absolute Gasteiger partial charge is 0.321 e. The van der Waals surface area contributed by atoms with E-state index in [1.807, 2.05) is 0 Å². The zero-order chi connectivity index (χ0) is 11.7. The third-order valence-corrected chi connectivity index (χ3v) is 3.02. The van der Waals surface area contributed by atoms with Crippen molar-refractivity contribution in [2.24, 2.45) is 11.7 Å². The zero-order valence-electron chi connectivity index (χ0n) is 9.37. The third kappa shape index (κ3) is 2.47. The molecule has 86 valence electrons. The van der Waals surface area contributed by atoms with E-state index in [1.165, 1.54) is 6.07 Å². The summed E-state index contributed by atoms with van der Waals surface area (Å²) in [6.45, 7) is 1.72. The lowest BCUT2D eigenvalue weighted by atomic mass is 9.99.